The standard InChI is InChI=1S/C16H18N2O2/c1-11-7-15(20-17-11)10-16(19)18(2)14-8-12-5-3-4-6-13(12)9-14/h3-7,14H,8-10H2,1-2H3. The van der Waals surface area contributed by atoms with Crippen molar-refractivity contribution in [1.29, 1.82) is 0 Å². The number of rotatable bonds is 3. The maximum Gasteiger partial charge on any atom is 0.230 e. The van der Waals surface area contributed by atoms with E-state index in [1.54, 1.807) is 0 Å². The first kappa shape index (κ1) is 12.9. The smallest absolute Gasteiger partial charge is 0.230 e. The van der Waals surface area contributed by atoms with Gasteiger partial charge in [-0.1, -0.05) is 29.4 Å². The number of likely N-dealkylation sites (N-methyl/N-ethyl adjacent to an activating group) is 1. The molecule has 0 aliphatic heterocycles. The van der Waals surface area contributed by atoms with Gasteiger partial charge < -0.3 is 9.42 Å². The second-order valence-electron chi connectivity index (χ2n) is 5.45. The molecule has 1 aromatic carbocycles. The van der Waals surface area contributed by atoms with Crippen molar-refractivity contribution in [2.45, 2.75) is 32.2 Å². The maximum absolute atomic E-state index is 12.3. The number of carbonyl (C=O) groups excluding carboxylic acids is 1. The minimum absolute atomic E-state index is 0.0824. The van der Waals surface area contributed by atoms with Gasteiger partial charge in [0.25, 0.3) is 0 Å². The van der Waals surface area contributed by atoms with Crippen LogP contribution in [0, 0.1) is 6.92 Å². The van der Waals surface area contributed by atoms with Crippen molar-refractivity contribution in [3.63, 3.8) is 0 Å². The van der Waals surface area contributed by atoms with Crippen LogP contribution >= 0.6 is 0 Å². The van der Waals surface area contributed by atoms with Crippen molar-refractivity contribution in [3.8, 4) is 0 Å². The van der Waals surface area contributed by atoms with Gasteiger partial charge in [-0.25, -0.2) is 0 Å². The molecular formula is C16H18N2O2. The Balaban J connectivity index is 1.65. The highest BCUT2D eigenvalue weighted by Gasteiger charge is 2.27. The first-order valence-electron chi connectivity index (χ1n) is 6.88. The Morgan fingerprint density at radius 1 is 1.35 bits per heavy atom. The predicted molar refractivity (Wildman–Crippen MR) is 75.4 cm³/mol. The van der Waals surface area contributed by atoms with E-state index in [9.17, 15) is 4.79 Å². The molecule has 0 bridgehead atoms. The molecule has 0 spiro atoms. The zero-order valence-electron chi connectivity index (χ0n) is 11.8. The molecule has 0 fully saturated rings. The lowest BCUT2D eigenvalue weighted by Gasteiger charge is -2.24. The van der Waals surface area contributed by atoms with Crippen molar-refractivity contribution in [2.24, 2.45) is 0 Å². The van der Waals surface area contributed by atoms with Gasteiger partial charge in [0.1, 0.15) is 5.76 Å². The number of fused-ring (bicyclic) bond motifs is 1. The third kappa shape index (κ3) is 2.46. The maximum atomic E-state index is 12.3. The van der Waals surface area contributed by atoms with Gasteiger partial charge in [0, 0.05) is 19.2 Å². The molecule has 0 saturated carbocycles. The summed E-state index contributed by atoms with van der Waals surface area (Å²) < 4.78 is 5.11. The van der Waals surface area contributed by atoms with E-state index in [4.69, 9.17) is 4.52 Å². The highest BCUT2D eigenvalue weighted by molar-refractivity contribution is 5.78. The summed E-state index contributed by atoms with van der Waals surface area (Å²) in [6.45, 7) is 1.86. The lowest BCUT2D eigenvalue weighted by atomic mass is 10.1. The third-order valence-corrected chi connectivity index (χ3v) is 3.97. The van der Waals surface area contributed by atoms with Crippen LogP contribution in [0.2, 0.25) is 0 Å². The van der Waals surface area contributed by atoms with Crippen LogP contribution in [0.3, 0.4) is 0 Å². The molecule has 4 nitrogen and oxygen atoms in total. The number of hydrogen-bond donors (Lipinski definition) is 0. The molecule has 3 rings (SSSR count). The normalized spacial score (nSPS) is 14.3. The molecule has 0 radical (unpaired) electrons. The fourth-order valence-corrected chi connectivity index (χ4v) is 2.79. The highest BCUT2D eigenvalue weighted by atomic mass is 16.5. The Kier molecular flexibility index (Phi) is 3.30. The molecule has 4 heteroatoms. The summed E-state index contributed by atoms with van der Waals surface area (Å²) in [5.74, 6) is 0.716. The molecule has 104 valence electrons. The van der Waals surface area contributed by atoms with Crippen LogP contribution in [0.1, 0.15) is 22.6 Å². The van der Waals surface area contributed by atoms with Crippen LogP contribution in [0.4, 0.5) is 0 Å². The van der Waals surface area contributed by atoms with Gasteiger partial charge in [0.05, 0.1) is 12.1 Å². The Hall–Kier alpha value is -2.10. The minimum atomic E-state index is 0.0824. The average Bonchev–Trinajstić information content (AvgIpc) is 3.03. The fraction of sp³-hybridized carbons (Fsp3) is 0.375. The summed E-state index contributed by atoms with van der Waals surface area (Å²) in [4.78, 5) is 14.1. The van der Waals surface area contributed by atoms with Crippen molar-refractivity contribution in [2.75, 3.05) is 7.05 Å². The molecule has 20 heavy (non-hydrogen) atoms. The van der Waals surface area contributed by atoms with Crippen LogP contribution in [0.25, 0.3) is 0 Å². The number of amides is 1. The molecule has 0 N–H and O–H groups in total. The predicted octanol–water partition coefficient (Wildman–Crippen LogP) is 2.15. The summed E-state index contributed by atoms with van der Waals surface area (Å²) in [6, 6.07) is 10.5. The Labute approximate surface area is 118 Å². The quantitative estimate of drug-likeness (QED) is 0.858. The van der Waals surface area contributed by atoms with Crippen molar-refractivity contribution >= 4 is 5.91 Å². The van der Waals surface area contributed by atoms with Crippen LogP contribution in [-0.4, -0.2) is 29.1 Å². The molecule has 1 aliphatic carbocycles. The van der Waals surface area contributed by atoms with Crippen molar-refractivity contribution < 1.29 is 9.32 Å². The monoisotopic (exact) mass is 270 g/mol. The summed E-state index contributed by atoms with van der Waals surface area (Å²) in [7, 11) is 1.88. The molecule has 2 aromatic rings. The molecule has 1 aliphatic rings. The van der Waals surface area contributed by atoms with E-state index >= 15 is 0 Å². The van der Waals surface area contributed by atoms with Crippen LogP contribution < -0.4 is 0 Å². The first-order valence-corrected chi connectivity index (χ1v) is 6.88. The van der Waals surface area contributed by atoms with Crippen LogP contribution in [-0.2, 0) is 24.1 Å². The number of aromatic nitrogens is 1. The molecule has 0 saturated heterocycles. The lowest BCUT2D eigenvalue weighted by Crippen LogP contribution is -2.38. The number of nitrogens with zero attached hydrogens (tertiary/aromatic N) is 2. The molecule has 1 aromatic heterocycles. The SMILES string of the molecule is Cc1cc(CC(=O)N(C)C2Cc3ccccc3C2)on1. The Morgan fingerprint density at radius 3 is 2.55 bits per heavy atom. The largest absolute Gasteiger partial charge is 0.361 e. The zero-order valence-corrected chi connectivity index (χ0v) is 11.8. The topological polar surface area (TPSA) is 46.3 Å². The van der Waals surface area contributed by atoms with Gasteiger partial charge in [-0.3, -0.25) is 4.79 Å². The molecule has 0 atom stereocenters. The highest BCUT2D eigenvalue weighted by Crippen LogP contribution is 2.25. The van der Waals surface area contributed by atoms with E-state index in [0.717, 1.165) is 18.5 Å². The van der Waals surface area contributed by atoms with Gasteiger partial charge in [-0.2, -0.15) is 0 Å². The fourth-order valence-electron chi connectivity index (χ4n) is 2.79. The van der Waals surface area contributed by atoms with Crippen LogP contribution in [0.15, 0.2) is 34.9 Å². The van der Waals surface area contributed by atoms with Gasteiger partial charge in [-0.05, 0) is 30.9 Å². The summed E-state index contributed by atoms with van der Waals surface area (Å²) in [5.41, 5.74) is 3.52. The van der Waals surface area contributed by atoms with Crippen LogP contribution in [0.5, 0.6) is 0 Å². The minimum Gasteiger partial charge on any atom is -0.361 e. The van der Waals surface area contributed by atoms with Crippen molar-refractivity contribution in [1.82, 2.24) is 10.1 Å². The van der Waals surface area contributed by atoms with E-state index in [-0.39, 0.29) is 18.4 Å². The molecule has 1 heterocycles. The van der Waals surface area contributed by atoms with E-state index < -0.39 is 0 Å². The zero-order chi connectivity index (χ0) is 14.1. The van der Waals surface area contributed by atoms with E-state index in [0.29, 0.717) is 5.76 Å². The molecule has 1 amide bonds. The summed E-state index contributed by atoms with van der Waals surface area (Å²) >= 11 is 0. The second-order valence-corrected chi connectivity index (χ2v) is 5.45. The summed E-state index contributed by atoms with van der Waals surface area (Å²) in [5, 5.41) is 3.81. The van der Waals surface area contributed by atoms with Gasteiger partial charge >= 0.3 is 0 Å². The van der Waals surface area contributed by atoms with Gasteiger partial charge in [-0.15, -0.1) is 0 Å². The molecular weight excluding hydrogens is 252 g/mol. The number of carbonyl (C=O) groups is 1. The first-order chi connectivity index (χ1) is 9.63. The number of benzene rings is 1. The average molecular weight is 270 g/mol. The molecule has 0 unspecified atom stereocenters. The van der Waals surface area contributed by atoms with E-state index in [1.165, 1.54) is 11.1 Å². The third-order valence-electron chi connectivity index (χ3n) is 3.97. The second kappa shape index (κ2) is 5.12. The number of hydrogen-bond acceptors (Lipinski definition) is 3. The summed E-state index contributed by atoms with van der Waals surface area (Å²) in [6.07, 6.45) is 2.16. The lowest BCUT2D eigenvalue weighted by molar-refractivity contribution is -0.131. The van der Waals surface area contributed by atoms with E-state index in [2.05, 4.69) is 29.4 Å². The Bertz CT molecular complexity index is 608. The Morgan fingerprint density at radius 2 is 2.00 bits per heavy atom. The van der Waals surface area contributed by atoms with Crippen molar-refractivity contribution in [3.05, 3.63) is 52.9 Å². The van der Waals surface area contributed by atoms with E-state index in [1.807, 2.05) is 24.9 Å². The van der Waals surface area contributed by atoms with Gasteiger partial charge in [0.2, 0.25) is 5.91 Å². The van der Waals surface area contributed by atoms with Gasteiger partial charge in [0.15, 0.2) is 0 Å². The number of aryl methyl sites for hydroxylation is 1.